The van der Waals surface area contributed by atoms with Crippen molar-refractivity contribution in [1.29, 1.82) is 0 Å². The summed E-state index contributed by atoms with van der Waals surface area (Å²) in [6, 6.07) is 28.6. The van der Waals surface area contributed by atoms with Crippen molar-refractivity contribution in [3.05, 3.63) is 84.2 Å². The molecular weight excluding hydrogens is 296 g/mol. The van der Waals surface area contributed by atoms with Crippen LogP contribution in [0.25, 0.3) is 42.8 Å². The van der Waals surface area contributed by atoms with Crippen LogP contribution in [0.2, 0.25) is 0 Å². The Labute approximate surface area is 138 Å². The van der Waals surface area contributed by atoms with Gasteiger partial charge in [-0.25, -0.2) is 0 Å². The summed E-state index contributed by atoms with van der Waals surface area (Å²) in [5, 5.41) is 10.1. The van der Waals surface area contributed by atoms with E-state index in [0.29, 0.717) is 0 Å². The van der Waals surface area contributed by atoms with Crippen LogP contribution in [-0.2, 0) is 0 Å². The van der Waals surface area contributed by atoms with E-state index in [0.717, 1.165) is 0 Å². The molecule has 108 valence electrons. The van der Waals surface area contributed by atoms with E-state index in [-0.39, 0.29) is 0 Å². The number of thiophene rings is 1. The quantitative estimate of drug-likeness (QED) is 0.234. The van der Waals surface area contributed by atoms with Gasteiger partial charge in [-0.15, -0.1) is 11.3 Å². The fourth-order valence-corrected chi connectivity index (χ4v) is 4.20. The lowest BCUT2D eigenvalue weighted by molar-refractivity contribution is 1.76. The molecule has 23 heavy (non-hydrogen) atoms. The molecule has 1 heteroatoms. The Morgan fingerprint density at radius 3 is 2.17 bits per heavy atom. The van der Waals surface area contributed by atoms with E-state index in [1.54, 1.807) is 11.3 Å². The second-order valence-corrected chi connectivity index (χ2v) is 6.81. The molecule has 4 aromatic carbocycles. The molecule has 0 saturated heterocycles. The van der Waals surface area contributed by atoms with Gasteiger partial charge in [-0.3, -0.25) is 0 Å². The molecule has 0 aliphatic carbocycles. The van der Waals surface area contributed by atoms with Crippen molar-refractivity contribution in [1.82, 2.24) is 0 Å². The number of rotatable bonds is 1. The summed E-state index contributed by atoms with van der Waals surface area (Å²) < 4.78 is 0. The second-order valence-electron chi connectivity index (χ2n) is 5.87. The molecule has 0 fully saturated rings. The van der Waals surface area contributed by atoms with Crippen molar-refractivity contribution < 1.29 is 0 Å². The van der Waals surface area contributed by atoms with Crippen LogP contribution >= 0.6 is 11.3 Å². The predicted molar refractivity (Wildman–Crippen MR) is 102 cm³/mol. The highest BCUT2D eigenvalue weighted by Gasteiger charge is 2.09. The van der Waals surface area contributed by atoms with Crippen molar-refractivity contribution in [2.24, 2.45) is 0 Å². The van der Waals surface area contributed by atoms with Crippen LogP contribution in [0.5, 0.6) is 0 Å². The first-order valence-corrected chi connectivity index (χ1v) is 8.66. The normalized spacial score (nSPS) is 11.5. The summed E-state index contributed by atoms with van der Waals surface area (Å²) in [7, 11) is 0. The zero-order chi connectivity index (χ0) is 15.2. The summed E-state index contributed by atoms with van der Waals surface area (Å²) >= 11 is 1.80. The van der Waals surface area contributed by atoms with Crippen molar-refractivity contribution in [3.8, 4) is 10.4 Å². The van der Waals surface area contributed by atoms with Gasteiger partial charge in [0.15, 0.2) is 0 Å². The van der Waals surface area contributed by atoms with E-state index in [9.17, 15) is 0 Å². The molecule has 0 bridgehead atoms. The second kappa shape index (κ2) is 4.94. The van der Waals surface area contributed by atoms with E-state index in [4.69, 9.17) is 0 Å². The predicted octanol–water partition coefficient (Wildman–Crippen LogP) is 6.87. The number of fused-ring (bicyclic) bond motifs is 4. The minimum atomic E-state index is 1.30. The third kappa shape index (κ3) is 1.97. The van der Waals surface area contributed by atoms with Crippen LogP contribution < -0.4 is 0 Å². The molecule has 0 radical (unpaired) electrons. The fourth-order valence-electron chi connectivity index (χ4n) is 3.44. The molecule has 0 saturated carbocycles. The van der Waals surface area contributed by atoms with E-state index in [1.165, 1.54) is 42.8 Å². The lowest BCUT2D eigenvalue weighted by atomic mass is 9.95. The minimum Gasteiger partial charge on any atom is -0.144 e. The third-order valence-electron chi connectivity index (χ3n) is 4.51. The first-order valence-electron chi connectivity index (χ1n) is 7.78. The summed E-state index contributed by atoms with van der Waals surface area (Å²) in [6.07, 6.45) is 0. The molecule has 0 amide bonds. The van der Waals surface area contributed by atoms with Gasteiger partial charge in [-0.05, 0) is 55.9 Å². The Kier molecular flexibility index (Phi) is 2.76. The van der Waals surface area contributed by atoms with Gasteiger partial charge in [0, 0.05) is 10.4 Å². The Morgan fingerprint density at radius 2 is 1.35 bits per heavy atom. The summed E-state index contributed by atoms with van der Waals surface area (Å²) in [5.74, 6) is 0. The summed E-state index contributed by atoms with van der Waals surface area (Å²) in [4.78, 5) is 1.33. The molecule has 0 spiro atoms. The standard InChI is InChI=1S/C22H14S/c1-2-6-17-14-20-18(13-16(17)5-1)11-10-15-7-3-8-19(22(15)20)21-9-4-12-23-21/h1-14H. The van der Waals surface area contributed by atoms with Crippen molar-refractivity contribution in [3.63, 3.8) is 0 Å². The number of hydrogen-bond donors (Lipinski definition) is 0. The molecule has 0 atom stereocenters. The van der Waals surface area contributed by atoms with Crippen LogP contribution in [0.1, 0.15) is 0 Å². The maximum absolute atomic E-state index is 2.34. The Hall–Kier alpha value is -2.64. The van der Waals surface area contributed by atoms with E-state index < -0.39 is 0 Å². The number of benzene rings is 4. The number of hydrogen-bond acceptors (Lipinski definition) is 1. The largest absolute Gasteiger partial charge is 0.144 e. The third-order valence-corrected chi connectivity index (χ3v) is 5.42. The van der Waals surface area contributed by atoms with Gasteiger partial charge in [0.1, 0.15) is 0 Å². The van der Waals surface area contributed by atoms with Crippen molar-refractivity contribution in [2.45, 2.75) is 0 Å². The molecule has 0 unspecified atom stereocenters. The van der Waals surface area contributed by atoms with Gasteiger partial charge in [-0.1, -0.05) is 60.7 Å². The van der Waals surface area contributed by atoms with E-state index in [1.807, 2.05) is 0 Å². The van der Waals surface area contributed by atoms with Gasteiger partial charge in [0.05, 0.1) is 0 Å². The molecule has 0 aliphatic heterocycles. The van der Waals surface area contributed by atoms with Gasteiger partial charge in [-0.2, -0.15) is 0 Å². The maximum Gasteiger partial charge on any atom is 0.0349 e. The molecule has 0 aliphatic rings. The lowest BCUT2D eigenvalue weighted by Gasteiger charge is -2.10. The SMILES string of the molecule is c1csc(-c2cccc3ccc4cc5ccccc5cc4c23)c1. The summed E-state index contributed by atoms with van der Waals surface area (Å²) in [6.45, 7) is 0. The molecule has 1 heterocycles. The van der Waals surface area contributed by atoms with Crippen LogP contribution in [0, 0.1) is 0 Å². The molecule has 5 aromatic rings. The Morgan fingerprint density at radius 1 is 0.565 bits per heavy atom. The maximum atomic E-state index is 2.34. The van der Waals surface area contributed by atoms with Crippen LogP contribution in [0.3, 0.4) is 0 Å². The highest BCUT2D eigenvalue weighted by Crippen LogP contribution is 2.37. The molecular formula is C22H14S. The topological polar surface area (TPSA) is 0 Å². The minimum absolute atomic E-state index is 1.30. The molecule has 0 N–H and O–H groups in total. The van der Waals surface area contributed by atoms with Crippen LogP contribution in [0.15, 0.2) is 84.2 Å². The van der Waals surface area contributed by atoms with E-state index >= 15 is 0 Å². The zero-order valence-electron chi connectivity index (χ0n) is 12.5. The van der Waals surface area contributed by atoms with Crippen molar-refractivity contribution >= 4 is 43.7 Å². The van der Waals surface area contributed by atoms with Gasteiger partial charge in [0.2, 0.25) is 0 Å². The smallest absolute Gasteiger partial charge is 0.0349 e. The zero-order valence-corrected chi connectivity index (χ0v) is 13.3. The van der Waals surface area contributed by atoms with Crippen LogP contribution in [-0.4, -0.2) is 0 Å². The molecule has 0 nitrogen and oxygen atoms in total. The average Bonchev–Trinajstić information content (AvgIpc) is 3.14. The highest BCUT2D eigenvalue weighted by molar-refractivity contribution is 7.13. The van der Waals surface area contributed by atoms with E-state index in [2.05, 4.69) is 84.2 Å². The van der Waals surface area contributed by atoms with Crippen molar-refractivity contribution in [2.75, 3.05) is 0 Å². The first kappa shape index (κ1) is 12.9. The van der Waals surface area contributed by atoms with Gasteiger partial charge in [0.25, 0.3) is 0 Å². The monoisotopic (exact) mass is 310 g/mol. The van der Waals surface area contributed by atoms with Gasteiger partial charge >= 0.3 is 0 Å². The average molecular weight is 310 g/mol. The molecule has 5 rings (SSSR count). The first-order chi connectivity index (χ1) is 11.4. The Bertz CT molecular complexity index is 1150. The highest BCUT2D eigenvalue weighted by atomic mass is 32.1. The fraction of sp³-hybridized carbons (Fsp3) is 0. The summed E-state index contributed by atoms with van der Waals surface area (Å²) in [5.41, 5.74) is 1.33. The molecule has 1 aromatic heterocycles. The van der Waals surface area contributed by atoms with Gasteiger partial charge < -0.3 is 0 Å². The van der Waals surface area contributed by atoms with Crippen LogP contribution in [0.4, 0.5) is 0 Å². The lowest BCUT2D eigenvalue weighted by Crippen LogP contribution is -1.83. The Balaban J connectivity index is 2.00.